The van der Waals surface area contributed by atoms with Crippen LogP contribution in [0.5, 0.6) is 5.75 Å². The van der Waals surface area contributed by atoms with Crippen LogP contribution in [0.1, 0.15) is 26.5 Å². The van der Waals surface area contributed by atoms with Gasteiger partial charge in [0.15, 0.2) is 0 Å². The number of benzene rings is 1. The maximum atomic E-state index is 5.60. The molecule has 2 rings (SSSR count). The third-order valence-corrected chi connectivity index (χ3v) is 2.90. The standard InChI is InChI=1S/C14H19N3O/c1-14(2,3)13-11(17-15)8-9-10(16-13)6-5-7-12(9)18-4/h5-8,17H,15H2,1-4H3. The number of aromatic nitrogens is 1. The van der Waals surface area contributed by atoms with Crippen molar-refractivity contribution in [3.05, 3.63) is 30.0 Å². The molecule has 0 aliphatic rings. The number of methoxy groups -OCH3 is 1. The second-order valence-corrected chi connectivity index (χ2v) is 5.31. The molecule has 0 bridgehead atoms. The van der Waals surface area contributed by atoms with E-state index in [2.05, 4.69) is 26.2 Å². The molecule has 0 saturated carbocycles. The molecule has 1 heterocycles. The highest BCUT2D eigenvalue weighted by Crippen LogP contribution is 2.33. The summed E-state index contributed by atoms with van der Waals surface area (Å²) in [4.78, 5) is 4.70. The molecule has 2 aromatic rings. The van der Waals surface area contributed by atoms with Crippen molar-refractivity contribution >= 4 is 16.6 Å². The summed E-state index contributed by atoms with van der Waals surface area (Å²) in [6, 6.07) is 7.83. The second kappa shape index (κ2) is 4.46. The molecule has 96 valence electrons. The van der Waals surface area contributed by atoms with E-state index in [1.807, 2.05) is 24.3 Å². The maximum Gasteiger partial charge on any atom is 0.128 e. The van der Waals surface area contributed by atoms with E-state index in [0.717, 1.165) is 28.0 Å². The van der Waals surface area contributed by atoms with E-state index in [0.29, 0.717) is 0 Å². The molecule has 0 aliphatic heterocycles. The van der Waals surface area contributed by atoms with Crippen LogP contribution in [0.25, 0.3) is 10.9 Å². The normalized spacial score (nSPS) is 11.6. The van der Waals surface area contributed by atoms with Crippen LogP contribution >= 0.6 is 0 Å². The quantitative estimate of drug-likeness (QED) is 0.631. The van der Waals surface area contributed by atoms with Gasteiger partial charge < -0.3 is 10.2 Å². The Kier molecular flexibility index (Phi) is 3.13. The van der Waals surface area contributed by atoms with Crippen LogP contribution in [0.2, 0.25) is 0 Å². The first kappa shape index (κ1) is 12.6. The van der Waals surface area contributed by atoms with Crippen molar-refractivity contribution in [2.24, 2.45) is 5.84 Å². The number of nitrogens with one attached hydrogen (secondary N) is 1. The fourth-order valence-electron chi connectivity index (χ4n) is 2.03. The summed E-state index contributed by atoms with van der Waals surface area (Å²) >= 11 is 0. The zero-order valence-electron chi connectivity index (χ0n) is 11.2. The summed E-state index contributed by atoms with van der Waals surface area (Å²) in [7, 11) is 1.65. The van der Waals surface area contributed by atoms with Crippen LogP contribution in [-0.2, 0) is 5.41 Å². The lowest BCUT2D eigenvalue weighted by molar-refractivity contribution is 0.419. The molecule has 1 aromatic heterocycles. The lowest BCUT2D eigenvalue weighted by Gasteiger charge is -2.22. The summed E-state index contributed by atoms with van der Waals surface area (Å²) in [6.45, 7) is 6.34. The van der Waals surface area contributed by atoms with Gasteiger partial charge in [0.2, 0.25) is 0 Å². The van der Waals surface area contributed by atoms with E-state index < -0.39 is 0 Å². The van der Waals surface area contributed by atoms with Crippen molar-refractivity contribution < 1.29 is 4.74 Å². The van der Waals surface area contributed by atoms with Gasteiger partial charge in [0.25, 0.3) is 0 Å². The summed E-state index contributed by atoms with van der Waals surface area (Å²) in [6.07, 6.45) is 0. The summed E-state index contributed by atoms with van der Waals surface area (Å²) in [5, 5.41) is 0.959. The minimum Gasteiger partial charge on any atom is -0.496 e. The summed E-state index contributed by atoms with van der Waals surface area (Å²) in [5.41, 5.74) is 5.35. The fourth-order valence-corrected chi connectivity index (χ4v) is 2.03. The molecule has 4 heteroatoms. The first-order valence-electron chi connectivity index (χ1n) is 5.92. The molecule has 4 nitrogen and oxygen atoms in total. The molecule has 18 heavy (non-hydrogen) atoms. The number of nitrogen functional groups attached to an aromatic ring is 1. The number of hydrazine groups is 1. The summed E-state index contributed by atoms with van der Waals surface area (Å²) < 4.78 is 5.34. The molecule has 0 fully saturated rings. The predicted octanol–water partition coefficient (Wildman–Crippen LogP) is 2.83. The van der Waals surface area contributed by atoms with Crippen molar-refractivity contribution in [2.45, 2.75) is 26.2 Å². The number of hydrogen-bond donors (Lipinski definition) is 2. The molecule has 0 saturated heterocycles. The zero-order valence-corrected chi connectivity index (χ0v) is 11.2. The van der Waals surface area contributed by atoms with Gasteiger partial charge in [0.1, 0.15) is 5.75 Å². The Bertz CT molecular complexity index is 573. The fraction of sp³-hybridized carbons (Fsp3) is 0.357. The van der Waals surface area contributed by atoms with Gasteiger partial charge in [-0.25, -0.2) is 4.98 Å². The average Bonchev–Trinajstić information content (AvgIpc) is 2.35. The minimum atomic E-state index is -0.0705. The van der Waals surface area contributed by atoms with Gasteiger partial charge in [-0.05, 0) is 18.2 Å². The number of pyridine rings is 1. The Morgan fingerprint density at radius 2 is 2.00 bits per heavy atom. The van der Waals surface area contributed by atoms with Crippen LogP contribution in [0.3, 0.4) is 0 Å². The molecular weight excluding hydrogens is 226 g/mol. The van der Waals surface area contributed by atoms with Gasteiger partial charge in [-0.3, -0.25) is 5.84 Å². The van der Waals surface area contributed by atoms with E-state index in [1.54, 1.807) is 7.11 Å². The Morgan fingerprint density at radius 3 is 2.56 bits per heavy atom. The van der Waals surface area contributed by atoms with E-state index in [1.165, 1.54) is 0 Å². The van der Waals surface area contributed by atoms with Crippen molar-refractivity contribution in [1.29, 1.82) is 0 Å². The smallest absolute Gasteiger partial charge is 0.128 e. The predicted molar refractivity (Wildman–Crippen MR) is 74.8 cm³/mol. The molecular formula is C14H19N3O. The van der Waals surface area contributed by atoms with Gasteiger partial charge in [-0.1, -0.05) is 26.8 Å². The third-order valence-electron chi connectivity index (χ3n) is 2.90. The van der Waals surface area contributed by atoms with Crippen molar-refractivity contribution in [1.82, 2.24) is 4.98 Å². The number of nitrogens with zero attached hydrogens (tertiary/aromatic N) is 1. The number of fused-ring (bicyclic) bond motifs is 1. The van der Waals surface area contributed by atoms with Crippen LogP contribution < -0.4 is 16.0 Å². The highest BCUT2D eigenvalue weighted by atomic mass is 16.5. The Labute approximate surface area is 107 Å². The van der Waals surface area contributed by atoms with Crippen LogP contribution in [-0.4, -0.2) is 12.1 Å². The zero-order chi connectivity index (χ0) is 13.3. The number of rotatable bonds is 2. The van der Waals surface area contributed by atoms with Crippen molar-refractivity contribution in [2.75, 3.05) is 12.5 Å². The van der Waals surface area contributed by atoms with E-state index >= 15 is 0 Å². The number of ether oxygens (including phenoxy) is 1. The molecule has 0 amide bonds. The van der Waals surface area contributed by atoms with E-state index in [4.69, 9.17) is 15.6 Å². The third kappa shape index (κ3) is 2.11. The van der Waals surface area contributed by atoms with Crippen LogP contribution in [0.15, 0.2) is 24.3 Å². The Morgan fingerprint density at radius 1 is 1.28 bits per heavy atom. The van der Waals surface area contributed by atoms with Gasteiger partial charge in [-0.2, -0.15) is 0 Å². The highest BCUT2D eigenvalue weighted by molar-refractivity contribution is 5.88. The lowest BCUT2D eigenvalue weighted by atomic mass is 9.90. The van der Waals surface area contributed by atoms with E-state index in [9.17, 15) is 0 Å². The second-order valence-electron chi connectivity index (χ2n) is 5.31. The van der Waals surface area contributed by atoms with E-state index in [-0.39, 0.29) is 5.41 Å². The topological polar surface area (TPSA) is 60.2 Å². The van der Waals surface area contributed by atoms with Gasteiger partial charge in [0, 0.05) is 10.8 Å². The lowest BCUT2D eigenvalue weighted by Crippen LogP contribution is -2.19. The number of nitrogens with two attached hydrogens (primary N) is 1. The highest BCUT2D eigenvalue weighted by Gasteiger charge is 2.21. The van der Waals surface area contributed by atoms with Crippen molar-refractivity contribution in [3.8, 4) is 5.75 Å². The average molecular weight is 245 g/mol. The van der Waals surface area contributed by atoms with Gasteiger partial charge in [0.05, 0.1) is 24.0 Å². The monoisotopic (exact) mass is 245 g/mol. The van der Waals surface area contributed by atoms with Crippen LogP contribution in [0, 0.1) is 0 Å². The molecule has 1 aromatic carbocycles. The van der Waals surface area contributed by atoms with Gasteiger partial charge in [-0.15, -0.1) is 0 Å². The Balaban J connectivity index is 2.77. The molecule has 0 aliphatic carbocycles. The first-order valence-corrected chi connectivity index (χ1v) is 5.92. The SMILES string of the molecule is COc1cccc2nc(C(C)(C)C)c(NN)cc12. The largest absolute Gasteiger partial charge is 0.496 e. The van der Waals surface area contributed by atoms with Crippen molar-refractivity contribution in [3.63, 3.8) is 0 Å². The maximum absolute atomic E-state index is 5.60. The molecule has 0 atom stereocenters. The minimum absolute atomic E-state index is 0.0705. The number of hydrogen-bond acceptors (Lipinski definition) is 4. The van der Waals surface area contributed by atoms with Crippen LogP contribution in [0.4, 0.5) is 5.69 Å². The molecule has 0 radical (unpaired) electrons. The summed E-state index contributed by atoms with van der Waals surface area (Å²) in [5.74, 6) is 6.40. The molecule has 0 unspecified atom stereocenters. The Hall–Kier alpha value is -1.81. The number of anilines is 1. The first-order chi connectivity index (χ1) is 8.47. The molecule has 0 spiro atoms. The molecule has 3 N–H and O–H groups in total. The van der Waals surface area contributed by atoms with Gasteiger partial charge >= 0.3 is 0 Å².